The van der Waals surface area contributed by atoms with Crippen molar-refractivity contribution in [3.63, 3.8) is 0 Å². The summed E-state index contributed by atoms with van der Waals surface area (Å²) in [6.45, 7) is 12.3. The number of rotatable bonds is 2. The maximum Gasteiger partial charge on any atom is 0.317 e. The molecule has 2 saturated heterocycles. The maximum atomic E-state index is 13.0. The highest BCUT2D eigenvalue weighted by molar-refractivity contribution is 5.88. The molecule has 3 fully saturated rings. The zero-order valence-electron chi connectivity index (χ0n) is 15.1. The van der Waals surface area contributed by atoms with Gasteiger partial charge in [0, 0.05) is 27.2 Å². The van der Waals surface area contributed by atoms with Gasteiger partial charge in [-0.3, -0.25) is 4.79 Å². The number of fused-ring (bicyclic) bond motifs is 2. The molecule has 3 amide bonds. The third kappa shape index (κ3) is 2.95. The highest BCUT2D eigenvalue weighted by Crippen LogP contribution is 2.54. The molecule has 5 nitrogen and oxygen atoms in total. The monoisotopic (exact) mass is 309 g/mol. The Bertz CT molecular complexity index is 451. The van der Waals surface area contributed by atoms with Crippen molar-refractivity contribution >= 4 is 11.9 Å². The number of urea groups is 1. The fourth-order valence-electron chi connectivity index (χ4n) is 3.61. The molecule has 0 aromatic heterocycles. The summed E-state index contributed by atoms with van der Waals surface area (Å²) in [5.41, 5.74) is 0.0564. The van der Waals surface area contributed by atoms with Gasteiger partial charge in [0.25, 0.3) is 0 Å². The molecule has 0 unspecified atom stereocenters. The first-order valence-corrected chi connectivity index (χ1v) is 8.21. The molecule has 0 spiro atoms. The second-order valence-corrected chi connectivity index (χ2v) is 8.84. The van der Waals surface area contributed by atoms with Gasteiger partial charge in [0.2, 0.25) is 5.91 Å². The van der Waals surface area contributed by atoms with E-state index in [9.17, 15) is 9.59 Å². The number of carbonyl (C=O) groups is 2. The van der Waals surface area contributed by atoms with Crippen molar-refractivity contribution < 1.29 is 9.59 Å². The van der Waals surface area contributed by atoms with Gasteiger partial charge in [-0.25, -0.2) is 4.79 Å². The third-order valence-corrected chi connectivity index (χ3v) is 5.65. The Balaban J connectivity index is 2.09. The van der Waals surface area contributed by atoms with Crippen LogP contribution in [0, 0.1) is 22.7 Å². The smallest absolute Gasteiger partial charge is 0.317 e. The van der Waals surface area contributed by atoms with Gasteiger partial charge in [0.1, 0.15) is 6.04 Å². The van der Waals surface area contributed by atoms with E-state index in [-0.39, 0.29) is 17.4 Å². The van der Waals surface area contributed by atoms with E-state index in [1.807, 2.05) is 25.7 Å². The summed E-state index contributed by atoms with van der Waals surface area (Å²) in [7, 11) is 3.39. The van der Waals surface area contributed by atoms with Gasteiger partial charge < -0.3 is 15.1 Å². The summed E-state index contributed by atoms with van der Waals surface area (Å²) in [4.78, 5) is 28.4. The van der Waals surface area contributed by atoms with Gasteiger partial charge in [-0.15, -0.1) is 0 Å². The number of nitrogens with zero attached hydrogens (tertiary/aromatic N) is 2. The van der Waals surface area contributed by atoms with Crippen molar-refractivity contribution in [2.24, 2.45) is 22.7 Å². The minimum absolute atomic E-state index is 0.0629. The van der Waals surface area contributed by atoms with Crippen molar-refractivity contribution in [3.8, 4) is 0 Å². The normalized spacial score (nSPS) is 27.7. The number of hydrogen-bond acceptors (Lipinski definition) is 2. The van der Waals surface area contributed by atoms with E-state index in [2.05, 4.69) is 19.2 Å². The molecule has 1 N–H and O–H groups in total. The fourth-order valence-corrected chi connectivity index (χ4v) is 3.61. The molecule has 1 saturated carbocycles. The van der Waals surface area contributed by atoms with Crippen LogP contribution in [0.25, 0.3) is 0 Å². The SMILES string of the molecule is CN(C)C(=O)N[C@H](C(=O)N1C[C@H]2C[C@@H](C1)C2(C)C)C(C)(C)C. The van der Waals surface area contributed by atoms with E-state index in [1.165, 1.54) is 11.3 Å². The van der Waals surface area contributed by atoms with Crippen LogP contribution in [0.15, 0.2) is 0 Å². The Morgan fingerprint density at radius 2 is 1.68 bits per heavy atom. The topological polar surface area (TPSA) is 52.7 Å². The van der Waals surface area contributed by atoms with Crippen LogP contribution in [-0.4, -0.2) is 55.0 Å². The van der Waals surface area contributed by atoms with Crippen LogP contribution in [0.4, 0.5) is 4.79 Å². The molecule has 22 heavy (non-hydrogen) atoms. The average molecular weight is 309 g/mol. The second-order valence-electron chi connectivity index (χ2n) is 8.84. The molecular formula is C17H31N3O2. The molecular weight excluding hydrogens is 278 g/mol. The number of piperidine rings is 2. The van der Waals surface area contributed by atoms with Gasteiger partial charge >= 0.3 is 6.03 Å². The van der Waals surface area contributed by atoms with Crippen LogP contribution in [0.5, 0.6) is 0 Å². The van der Waals surface area contributed by atoms with Crippen molar-refractivity contribution in [3.05, 3.63) is 0 Å². The molecule has 0 radical (unpaired) electrons. The summed E-state index contributed by atoms with van der Waals surface area (Å²) >= 11 is 0. The summed E-state index contributed by atoms with van der Waals surface area (Å²) < 4.78 is 0. The molecule has 5 heteroatoms. The first kappa shape index (κ1) is 17.1. The van der Waals surface area contributed by atoms with Gasteiger partial charge in [0.15, 0.2) is 0 Å². The van der Waals surface area contributed by atoms with Gasteiger partial charge in [-0.2, -0.15) is 0 Å². The minimum Gasteiger partial charge on any atom is -0.340 e. The zero-order chi connectivity index (χ0) is 16.9. The second kappa shape index (κ2) is 5.43. The van der Waals surface area contributed by atoms with Crippen LogP contribution in [-0.2, 0) is 4.79 Å². The summed E-state index contributed by atoms with van der Waals surface area (Å²) in [6, 6.07) is -0.696. The Kier molecular flexibility index (Phi) is 4.22. The van der Waals surface area contributed by atoms with Crippen LogP contribution in [0.2, 0.25) is 0 Å². The number of nitrogens with one attached hydrogen (secondary N) is 1. The van der Waals surface area contributed by atoms with E-state index in [0.29, 0.717) is 17.3 Å². The molecule has 3 rings (SSSR count). The minimum atomic E-state index is -0.483. The Morgan fingerprint density at radius 1 is 1.18 bits per heavy atom. The molecule has 3 atom stereocenters. The van der Waals surface area contributed by atoms with Gasteiger partial charge in [-0.05, 0) is 29.1 Å². The number of carbonyl (C=O) groups excluding carboxylic acids is 2. The highest BCUT2D eigenvalue weighted by Gasteiger charge is 2.54. The predicted octanol–water partition coefficient (Wildman–Crippen LogP) is 2.18. The van der Waals surface area contributed by atoms with Crippen LogP contribution >= 0.6 is 0 Å². The molecule has 1 aliphatic carbocycles. The molecule has 2 bridgehead atoms. The van der Waals surface area contributed by atoms with E-state index in [4.69, 9.17) is 0 Å². The lowest BCUT2D eigenvalue weighted by Crippen LogP contribution is -2.65. The lowest BCUT2D eigenvalue weighted by Gasteiger charge is -2.60. The first-order valence-electron chi connectivity index (χ1n) is 8.21. The number of hydrogen-bond donors (Lipinski definition) is 1. The van der Waals surface area contributed by atoms with Crippen molar-refractivity contribution in [2.75, 3.05) is 27.2 Å². The van der Waals surface area contributed by atoms with E-state index in [1.54, 1.807) is 14.1 Å². The molecule has 3 aliphatic rings. The van der Waals surface area contributed by atoms with Gasteiger partial charge in [-0.1, -0.05) is 34.6 Å². The first-order chi connectivity index (χ1) is 9.94. The van der Waals surface area contributed by atoms with Gasteiger partial charge in [0.05, 0.1) is 0 Å². The van der Waals surface area contributed by atoms with Crippen molar-refractivity contribution in [1.82, 2.24) is 15.1 Å². The zero-order valence-corrected chi connectivity index (χ0v) is 15.1. The summed E-state index contributed by atoms with van der Waals surface area (Å²) in [5, 5.41) is 2.90. The molecule has 2 heterocycles. The van der Waals surface area contributed by atoms with Crippen LogP contribution in [0.1, 0.15) is 41.0 Å². The summed E-state index contributed by atoms with van der Waals surface area (Å²) in [5.74, 6) is 1.26. The lowest BCUT2D eigenvalue weighted by molar-refractivity contribution is -0.155. The largest absolute Gasteiger partial charge is 0.340 e. The Hall–Kier alpha value is -1.26. The fraction of sp³-hybridized carbons (Fsp3) is 0.882. The van der Waals surface area contributed by atoms with Crippen molar-refractivity contribution in [1.29, 1.82) is 0 Å². The van der Waals surface area contributed by atoms with Crippen LogP contribution in [0.3, 0.4) is 0 Å². The molecule has 0 aromatic carbocycles. The highest BCUT2D eigenvalue weighted by atomic mass is 16.2. The molecule has 2 aliphatic heterocycles. The Labute approximate surface area is 134 Å². The maximum absolute atomic E-state index is 13.0. The predicted molar refractivity (Wildman–Crippen MR) is 87.4 cm³/mol. The van der Waals surface area contributed by atoms with Crippen LogP contribution < -0.4 is 5.32 Å². The average Bonchev–Trinajstić information content (AvgIpc) is 2.42. The standard InChI is InChI=1S/C17H31N3O2/c1-16(2,3)13(18-15(22)19(6)7)14(21)20-9-11-8-12(10-20)17(11,4)5/h11-13H,8-10H2,1-7H3,(H,18,22)/t11-,12+,13-/m1/s1. The molecule has 0 aromatic rings. The van der Waals surface area contributed by atoms with Crippen molar-refractivity contribution in [2.45, 2.75) is 47.1 Å². The van der Waals surface area contributed by atoms with E-state index < -0.39 is 6.04 Å². The third-order valence-electron chi connectivity index (χ3n) is 5.65. The molecule has 126 valence electrons. The summed E-state index contributed by atoms with van der Waals surface area (Å²) in [6.07, 6.45) is 1.24. The Morgan fingerprint density at radius 3 is 2.05 bits per heavy atom. The quantitative estimate of drug-likeness (QED) is 0.850. The number of amides is 3. The van der Waals surface area contributed by atoms with E-state index >= 15 is 0 Å². The van der Waals surface area contributed by atoms with E-state index in [0.717, 1.165) is 13.1 Å². The lowest BCUT2D eigenvalue weighted by atomic mass is 9.52.